The molecule has 1 N–H and O–H groups in total. The van der Waals surface area contributed by atoms with Gasteiger partial charge in [0.25, 0.3) is 5.56 Å². The maximum Gasteiger partial charge on any atom is 0.337 e. The Hall–Kier alpha value is -3.41. The molecule has 1 aliphatic heterocycles. The number of fused-ring (bicyclic) bond motifs is 2. The van der Waals surface area contributed by atoms with E-state index < -0.39 is 5.97 Å². The summed E-state index contributed by atoms with van der Waals surface area (Å²) in [4.78, 5) is 31.5. The van der Waals surface area contributed by atoms with Gasteiger partial charge in [0.15, 0.2) is 0 Å². The quantitative estimate of drug-likeness (QED) is 0.736. The number of carbonyl (C=O) groups excluding carboxylic acids is 1. The maximum absolute atomic E-state index is 12.3. The van der Waals surface area contributed by atoms with Crippen LogP contribution in [0.25, 0.3) is 17.0 Å². The zero-order chi connectivity index (χ0) is 18.1. The van der Waals surface area contributed by atoms with Crippen LogP contribution in [0.1, 0.15) is 17.0 Å². The lowest BCUT2D eigenvalue weighted by atomic mass is 10.1. The van der Waals surface area contributed by atoms with Crippen LogP contribution in [0.5, 0.6) is 5.75 Å². The molecule has 0 fully saturated rings. The summed E-state index contributed by atoms with van der Waals surface area (Å²) >= 11 is 0. The molecular weight excluding hydrogens is 332 g/mol. The van der Waals surface area contributed by atoms with Gasteiger partial charge in [0.2, 0.25) is 0 Å². The minimum atomic E-state index is -0.493. The molecule has 2 aromatic carbocycles. The number of H-pyrrole nitrogens is 1. The van der Waals surface area contributed by atoms with E-state index in [1.54, 1.807) is 12.1 Å². The van der Waals surface area contributed by atoms with Gasteiger partial charge in [0.1, 0.15) is 24.8 Å². The van der Waals surface area contributed by atoms with Crippen LogP contribution >= 0.6 is 0 Å². The molecular formula is C20H16N2O4. The minimum Gasteiger partial charge on any atom is -0.488 e. The van der Waals surface area contributed by atoms with E-state index in [9.17, 15) is 9.59 Å². The lowest BCUT2D eigenvalue weighted by Gasteiger charge is -2.16. The summed E-state index contributed by atoms with van der Waals surface area (Å²) in [6.07, 6.45) is 1.75. The fourth-order valence-electron chi connectivity index (χ4n) is 2.88. The van der Waals surface area contributed by atoms with Gasteiger partial charge in [-0.3, -0.25) is 4.79 Å². The van der Waals surface area contributed by atoms with Gasteiger partial charge >= 0.3 is 5.97 Å². The van der Waals surface area contributed by atoms with Gasteiger partial charge in [-0.05, 0) is 30.7 Å². The average molecular weight is 348 g/mol. The third-order valence-corrected chi connectivity index (χ3v) is 4.22. The summed E-state index contributed by atoms with van der Waals surface area (Å²) in [7, 11) is 0. The molecule has 6 nitrogen and oxygen atoms in total. The number of hydrogen-bond donors (Lipinski definition) is 1. The number of aryl methyl sites for hydroxylation is 1. The number of esters is 1. The Morgan fingerprint density at radius 2 is 2.08 bits per heavy atom. The van der Waals surface area contributed by atoms with Gasteiger partial charge in [0, 0.05) is 5.56 Å². The summed E-state index contributed by atoms with van der Waals surface area (Å²) in [5.74, 6) is 0.551. The van der Waals surface area contributed by atoms with E-state index in [0.717, 1.165) is 16.9 Å². The van der Waals surface area contributed by atoms with Crippen LogP contribution in [0.4, 0.5) is 0 Å². The molecule has 0 saturated heterocycles. The van der Waals surface area contributed by atoms with E-state index in [-0.39, 0.29) is 18.8 Å². The molecule has 0 bridgehead atoms. The summed E-state index contributed by atoms with van der Waals surface area (Å²) in [5, 5.41) is 0.514. The number of ether oxygens (including phenoxy) is 2. The number of rotatable bonds is 3. The standard InChI is InChI=1S/C20H16N2O4/c1-12-5-4-7-15-18(12)21-17(22-19(15)23)11-26-20(24)14-9-13-6-2-3-8-16(13)25-10-14/h2-9H,10-11H2,1H3,(H,21,22,23). The number of hydrogen-bond acceptors (Lipinski definition) is 5. The van der Waals surface area contributed by atoms with E-state index >= 15 is 0 Å². The molecule has 0 radical (unpaired) electrons. The number of nitrogens with one attached hydrogen (secondary N) is 1. The van der Waals surface area contributed by atoms with Gasteiger partial charge < -0.3 is 14.5 Å². The largest absolute Gasteiger partial charge is 0.488 e. The number of para-hydroxylation sites is 2. The molecule has 130 valence electrons. The highest BCUT2D eigenvalue weighted by atomic mass is 16.5. The van der Waals surface area contributed by atoms with Crippen molar-refractivity contribution in [3.05, 3.63) is 75.3 Å². The zero-order valence-corrected chi connectivity index (χ0v) is 14.1. The summed E-state index contributed by atoms with van der Waals surface area (Å²) in [6.45, 7) is 1.92. The number of nitrogens with zero attached hydrogens (tertiary/aromatic N) is 1. The van der Waals surface area contributed by atoms with Crippen molar-refractivity contribution in [2.24, 2.45) is 0 Å². The van der Waals surface area contributed by atoms with Gasteiger partial charge in [-0.2, -0.15) is 0 Å². The van der Waals surface area contributed by atoms with E-state index in [2.05, 4.69) is 9.97 Å². The highest BCUT2D eigenvalue weighted by molar-refractivity contribution is 5.95. The van der Waals surface area contributed by atoms with Crippen LogP contribution in [0.2, 0.25) is 0 Å². The van der Waals surface area contributed by atoms with Crippen LogP contribution in [-0.2, 0) is 16.1 Å². The first-order valence-electron chi connectivity index (χ1n) is 8.20. The third-order valence-electron chi connectivity index (χ3n) is 4.22. The van der Waals surface area contributed by atoms with Crippen molar-refractivity contribution in [2.75, 3.05) is 6.61 Å². The Labute approximate surface area is 149 Å². The normalized spacial score (nSPS) is 12.9. The number of aromatic nitrogens is 2. The summed E-state index contributed by atoms with van der Waals surface area (Å²) < 4.78 is 10.9. The first-order valence-corrected chi connectivity index (χ1v) is 8.20. The molecule has 0 atom stereocenters. The fraction of sp³-hybridized carbons (Fsp3) is 0.150. The van der Waals surface area contributed by atoms with Crippen molar-refractivity contribution >= 4 is 22.9 Å². The predicted molar refractivity (Wildman–Crippen MR) is 96.8 cm³/mol. The van der Waals surface area contributed by atoms with E-state index in [0.29, 0.717) is 22.3 Å². The van der Waals surface area contributed by atoms with Gasteiger partial charge in [0.05, 0.1) is 16.5 Å². The second kappa shape index (κ2) is 6.48. The molecule has 4 rings (SSSR count). The Morgan fingerprint density at radius 1 is 1.23 bits per heavy atom. The van der Waals surface area contributed by atoms with E-state index in [1.165, 1.54) is 0 Å². The Morgan fingerprint density at radius 3 is 2.96 bits per heavy atom. The average Bonchev–Trinajstić information content (AvgIpc) is 2.66. The second-order valence-corrected chi connectivity index (χ2v) is 6.06. The first-order chi connectivity index (χ1) is 12.6. The lowest BCUT2D eigenvalue weighted by Crippen LogP contribution is -2.19. The van der Waals surface area contributed by atoms with Crippen LogP contribution in [-0.4, -0.2) is 22.5 Å². The molecule has 0 aliphatic carbocycles. The number of carbonyl (C=O) groups is 1. The van der Waals surface area contributed by atoms with Crippen LogP contribution in [0, 0.1) is 6.92 Å². The Bertz CT molecular complexity index is 1100. The molecule has 1 aromatic heterocycles. The van der Waals surface area contributed by atoms with Gasteiger partial charge in [-0.1, -0.05) is 30.3 Å². The molecule has 6 heteroatoms. The fourth-order valence-corrected chi connectivity index (χ4v) is 2.88. The van der Waals surface area contributed by atoms with Crippen molar-refractivity contribution in [1.82, 2.24) is 9.97 Å². The van der Waals surface area contributed by atoms with Crippen molar-refractivity contribution in [3.8, 4) is 5.75 Å². The van der Waals surface area contributed by atoms with Crippen LogP contribution in [0.15, 0.2) is 52.8 Å². The third kappa shape index (κ3) is 2.97. The zero-order valence-electron chi connectivity index (χ0n) is 14.1. The van der Waals surface area contributed by atoms with Gasteiger partial charge in [-0.15, -0.1) is 0 Å². The van der Waals surface area contributed by atoms with Crippen molar-refractivity contribution < 1.29 is 14.3 Å². The Kier molecular flexibility index (Phi) is 4.01. The predicted octanol–water partition coefficient (Wildman–Crippen LogP) is 2.75. The highest BCUT2D eigenvalue weighted by Gasteiger charge is 2.18. The molecule has 0 amide bonds. The molecule has 2 heterocycles. The number of benzene rings is 2. The molecule has 26 heavy (non-hydrogen) atoms. The smallest absolute Gasteiger partial charge is 0.337 e. The Balaban J connectivity index is 1.54. The first kappa shape index (κ1) is 16.1. The van der Waals surface area contributed by atoms with Crippen molar-refractivity contribution in [1.29, 1.82) is 0 Å². The molecule has 3 aromatic rings. The van der Waals surface area contributed by atoms with E-state index in [1.807, 2.05) is 43.3 Å². The second-order valence-electron chi connectivity index (χ2n) is 6.06. The summed E-state index contributed by atoms with van der Waals surface area (Å²) in [6, 6.07) is 12.9. The monoisotopic (exact) mass is 348 g/mol. The van der Waals surface area contributed by atoms with Crippen LogP contribution in [0.3, 0.4) is 0 Å². The molecule has 0 spiro atoms. The van der Waals surface area contributed by atoms with Crippen molar-refractivity contribution in [3.63, 3.8) is 0 Å². The van der Waals surface area contributed by atoms with Crippen molar-refractivity contribution in [2.45, 2.75) is 13.5 Å². The highest BCUT2D eigenvalue weighted by Crippen LogP contribution is 2.26. The molecule has 0 saturated carbocycles. The van der Waals surface area contributed by atoms with Crippen LogP contribution < -0.4 is 10.3 Å². The molecule has 1 aliphatic rings. The lowest BCUT2D eigenvalue weighted by molar-refractivity contribution is -0.140. The van der Waals surface area contributed by atoms with Gasteiger partial charge in [-0.25, -0.2) is 9.78 Å². The topological polar surface area (TPSA) is 81.3 Å². The summed E-state index contributed by atoms with van der Waals surface area (Å²) in [5.41, 5.74) is 2.50. The molecule has 0 unspecified atom stereocenters. The van der Waals surface area contributed by atoms with E-state index in [4.69, 9.17) is 9.47 Å². The maximum atomic E-state index is 12.3. The SMILES string of the molecule is Cc1cccc2c(=O)[nH]c(COC(=O)C3=Cc4ccccc4OC3)nc12. The minimum absolute atomic E-state index is 0.114. The number of aromatic amines is 1.